The number of aryl methyl sites for hydroxylation is 1. The van der Waals surface area contributed by atoms with Crippen LogP contribution in [0.3, 0.4) is 0 Å². The first-order valence-corrected chi connectivity index (χ1v) is 7.31. The van der Waals surface area contributed by atoms with Crippen molar-refractivity contribution < 1.29 is 9.53 Å². The number of halogens is 1. The zero-order valence-electron chi connectivity index (χ0n) is 10.6. The predicted molar refractivity (Wildman–Crippen MR) is 77.9 cm³/mol. The lowest BCUT2D eigenvalue weighted by Crippen LogP contribution is -2.26. The van der Waals surface area contributed by atoms with Gasteiger partial charge in [-0.15, -0.1) is 11.3 Å². The summed E-state index contributed by atoms with van der Waals surface area (Å²) in [5.74, 6) is 0.485. The smallest absolute Gasteiger partial charge is 0.265 e. The van der Waals surface area contributed by atoms with E-state index in [1.54, 1.807) is 19.6 Å². The average Bonchev–Trinajstić information content (AvgIpc) is 2.99. The molecule has 0 aliphatic heterocycles. The van der Waals surface area contributed by atoms with E-state index in [0.717, 1.165) is 9.35 Å². The maximum absolute atomic E-state index is 12.1. The van der Waals surface area contributed by atoms with Crippen LogP contribution in [-0.4, -0.2) is 29.1 Å². The van der Waals surface area contributed by atoms with Gasteiger partial charge in [0.1, 0.15) is 4.88 Å². The van der Waals surface area contributed by atoms with Crippen molar-refractivity contribution in [3.8, 4) is 5.75 Å². The van der Waals surface area contributed by atoms with Gasteiger partial charge in [0.15, 0.2) is 5.75 Å². The molecule has 0 aromatic carbocycles. The molecule has 2 heterocycles. The zero-order valence-corrected chi connectivity index (χ0v) is 13.0. The number of hydrogen-bond acceptors (Lipinski definition) is 4. The molecule has 19 heavy (non-hydrogen) atoms. The second kappa shape index (κ2) is 6.21. The number of carbonyl (C=O) groups excluding carboxylic acids is 1. The van der Waals surface area contributed by atoms with Crippen molar-refractivity contribution in [2.45, 2.75) is 13.5 Å². The number of ether oxygens (including phenoxy) is 1. The highest BCUT2D eigenvalue weighted by Crippen LogP contribution is 2.38. The first-order valence-electron chi connectivity index (χ1n) is 5.70. The number of nitrogens with zero attached hydrogens (tertiary/aromatic N) is 2. The van der Waals surface area contributed by atoms with Crippen LogP contribution in [0.25, 0.3) is 0 Å². The number of thiophene rings is 1. The minimum Gasteiger partial charge on any atom is -0.494 e. The first kappa shape index (κ1) is 14.1. The van der Waals surface area contributed by atoms with Gasteiger partial charge in [-0.3, -0.25) is 4.79 Å². The van der Waals surface area contributed by atoms with Crippen molar-refractivity contribution in [1.29, 1.82) is 0 Å². The number of carbonyl (C=O) groups is 1. The second-order valence-electron chi connectivity index (χ2n) is 3.89. The van der Waals surface area contributed by atoms with Crippen LogP contribution in [0.1, 0.15) is 14.5 Å². The summed E-state index contributed by atoms with van der Waals surface area (Å²) in [6, 6.07) is 0. The molecule has 0 unspecified atom stereocenters. The number of methoxy groups -OCH3 is 1. The Balaban J connectivity index is 1.98. The lowest BCUT2D eigenvalue weighted by Gasteiger charge is -2.06. The topological polar surface area (TPSA) is 56.1 Å². The van der Waals surface area contributed by atoms with E-state index in [1.807, 2.05) is 17.7 Å². The second-order valence-corrected chi connectivity index (χ2v) is 5.91. The van der Waals surface area contributed by atoms with Gasteiger partial charge in [-0.2, -0.15) is 0 Å². The number of rotatable bonds is 5. The number of amides is 1. The van der Waals surface area contributed by atoms with Crippen LogP contribution in [0.4, 0.5) is 0 Å². The van der Waals surface area contributed by atoms with Gasteiger partial charge in [-0.1, -0.05) is 0 Å². The van der Waals surface area contributed by atoms with Crippen molar-refractivity contribution in [1.82, 2.24) is 14.9 Å². The summed E-state index contributed by atoms with van der Waals surface area (Å²) in [5, 5.41) is 2.87. The lowest BCUT2D eigenvalue weighted by atomic mass is 10.3. The molecule has 5 nitrogen and oxygen atoms in total. The van der Waals surface area contributed by atoms with E-state index in [4.69, 9.17) is 4.74 Å². The normalized spacial score (nSPS) is 10.5. The first-order chi connectivity index (χ1) is 9.13. The highest BCUT2D eigenvalue weighted by molar-refractivity contribution is 9.10. The molecule has 0 aliphatic rings. The number of nitrogens with one attached hydrogen (secondary N) is 1. The van der Waals surface area contributed by atoms with E-state index in [9.17, 15) is 4.79 Å². The molecule has 2 rings (SSSR count). The van der Waals surface area contributed by atoms with E-state index >= 15 is 0 Å². The Kier molecular flexibility index (Phi) is 4.60. The van der Waals surface area contributed by atoms with Gasteiger partial charge in [0.2, 0.25) is 0 Å². The third-order valence-electron chi connectivity index (χ3n) is 2.59. The van der Waals surface area contributed by atoms with Gasteiger partial charge < -0.3 is 14.6 Å². The lowest BCUT2D eigenvalue weighted by molar-refractivity contribution is 0.0953. The maximum Gasteiger partial charge on any atom is 0.265 e. The molecule has 0 radical (unpaired) electrons. The highest BCUT2D eigenvalue weighted by Gasteiger charge is 2.20. The van der Waals surface area contributed by atoms with Crippen LogP contribution >= 0.6 is 27.3 Å². The minimum atomic E-state index is -0.115. The fourth-order valence-corrected chi connectivity index (χ4v) is 3.30. The molecular weight excluding hydrogens is 330 g/mol. The average molecular weight is 344 g/mol. The van der Waals surface area contributed by atoms with Crippen molar-refractivity contribution in [3.05, 3.63) is 32.9 Å². The Hall–Kier alpha value is -1.34. The molecule has 102 valence electrons. The van der Waals surface area contributed by atoms with Crippen molar-refractivity contribution in [3.63, 3.8) is 0 Å². The molecule has 1 amide bonds. The molecule has 0 aliphatic carbocycles. The molecule has 0 atom stereocenters. The third-order valence-corrected chi connectivity index (χ3v) is 4.90. The molecule has 1 N–H and O–H groups in total. The molecular formula is C12H14BrN3O2S. The summed E-state index contributed by atoms with van der Waals surface area (Å²) in [7, 11) is 1.56. The fourth-order valence-electron chi connectivity index (χ4n) is 1.63. The van der Waals surface area contributed by atoms with Crippen LogP contribution in [0, 0.1) is 6.92 Å². The van der Waals surface area contributed by atoms with E-state index < -0.39 is 0 Å². The molecule has 0 bridgehead atoms. The maximum atomic E-state index is 12.1. The van der Waals surface area contributed by atoms with Gasteiger partial charge in [-0.25, -0.2) is 4.98 Å². The van der Waals surface area contributed by atoms with E-state index in [-0.39, 0.29) is 5.91 Å². The van der Waals surface area contributed by atoms with E-state index in [1.165, 1.54) is 11.3 Å². The summed E-state index contributed by atoms with van der Waals surface area (Å²) in [5.41, 5.74) is 0. The van der Waals surface area contributed by atoms with Gasteiger partial charge in [-0.05, 0) is 22.9 Å². The Morgan fingerprint density at radius 3 is 3.05 bits per heavy atom. The molecule has 0 fully saturated rings. The van der Waals surface area contributed by atoms with Gasteiger partial charge in [0, 0.05) is 30.4 Å². The van der Waals surface area contributed by atoms with Crippen LogP contribution in [0.15, 0.2) is 23.2 Å². The van der Waals surface area contributed by atoms with E-state index in [2.05, 4.69) is 26.2 Å². The summed E-state index contributed by atoms with van der Waals surface area (Å²) in [6.45, 7) is 3.19. The SMILES string of the molecule is COc1c(C(=O)NCCn2ccnc2)sc(C)c1Br. The third kappa shape index (κ3) is 3.16. The monoisotopic (exact) mass is 343 g/mol. The van der Waals surface area contributed by atoms with Crippen LogP contribution in [0.5, 0.6) is 5.75 Å². The van der Waals surface area contributed by atoms with Gasteiger partial charge >= 0.3 is 0 Å². The number of hydrogen-bond donors (Lipinski definition) is 1. The standard InChI is InChI=1S/C12H14BrN3O2S/c1-8-9(13)10(18-2)11(19-8)12(17)15-4-6-16-5-3-14-7-16/h3,5,7H,4,6H2,1-2H3,(H,15,17). The molecule has 7 heteroatoms. The van der Waals surface area contributed by atoms with Crippen molar-refractivity contribution in [2.75, 3.05) is 13.7 Å². The summed E-state index contributed by atoms with van der Waals surface area (Å²) < 4.78 is 8.01. The minimum absolute atomic E-state index is 0.115. The molecule has 0 saturated heterocycles. The molecule has 0 saturated carbocycles. The van der Waals surface area contributed by atoms with Crippen molar-refractivity contribution in [2.24, 2.45) is 0 Å². The summed E-state index contributed by atoms with van der Waals surface area (Å²) in [4.78, 5) is 17.7. The zero-order chi connectivity index (χ0) is 13.8. The number of aromatic nitrogens is 2. The van der Waals surface area contributed by atoms with E-state index in [0.29, 0.717) is 23.7 Å². The van der Waals surface area contributed by atoms with Gasteiger partial charge in [0.25, 0.3) is 5.91 Å². The molecule has 2 aromatic rings. The van der Waals surface area contributed by atoms with Crippen LogP contribution in [0.2, 0.25) is 0 Å². The Morgan fingerprint density at radius 2 is 2.42 bits per heavy atom. The number of imidazole rings is 1. The Labute approximate surface area is 123 Å². The van der Waals surface area contributed by atoms with Crippen molar-refractivity contribution >= 4 is 33.2 Å². The van der Waals surface area contributed by atoms with Crippen LogP contribution < -0.4 is 10.1 Å². The largest absolute Gasteiger partial charge is 0.494 e. The quantitative estimate of drug-likeness (QED) is 0.907. The van der Waals surface area contributed by atoms with Gasteiger partial charge in [0.05, 0.1) is 17.9 Å². The Morgan fingerprint density at radius 1 is 1.63 bits per heavy atom. The Bertz CT molecular complexity index is 566. The van der Waals surface area contributed by atoms with Crippen LogP contribution in [-0.2, 0) is 6.54 Å². The molecule has 2 aromatic heterocycles. The summed E-state index contributed by atoms with van der Waals surface area (Å²) in [6.07, 6.45) is 5.29. The fraction of sp³-hybridized carbons (Fsp3) is 0.333. The predicted octanol–water partition coefficient (Wildman–Crippen LogP) is 2.45. The summed E-state index contributed by atoms with van der Waals surface area (Å²) >= 11 is 4.84. The highest BCUT2D eigenvalue weighted by atomic mass is 79.9. The molecule has 0 spiro atoms.